The highest BCUT2D eigenvalue weighted by molar-refractivity contribution is 7.07. The average Bonchev–Trinajstić information content (AvgIpc) is 3.73. The molecule has 40 heavy (non-hydrogen) atoms. The SMILES string of the molecule is CCCc1cc(C(=O)NC(CC(=O)O)Cc2ccsc2)nn1Cc1ccc(-c2ccccc2-c2nnn[nH]2)nc1. The molecule has 5 aromatic rings. The number of aliphatic carboxylic acids is 1. The number of benzene rings is 1. The molecule has 0 fully saturated rings. The summed E-state index contributed by atoms with van der Waals surface area (Å²) in [5, 5.41) is 34.9. The van der Waals surface area contributed by atoms with E-state index in [2.05, 4.69) is 42.9 Å². The van der Waals surface area contributed by atoms with Gasteiger partial charge >= 0.3 is 5.97 Å². The van der Waals surface area contributed by atoms with Crippen LogP contribution in [-0.2, 0) is 24.2 Å². The molecule has 12 heteroatoms. The van der Waals surface area contributed by atoms with Gasteiger partial charge in [-0.25, -0.2) is 5.10 Å². The Bertz CT molecular complexity index is 1560. The number of pyridine rings is 1. The maximum atomic E-state index is 13.1. The van der Waals surface area contributed by atoms with Crippen molar-refractivity contribution in [1.82, 2.24) is 40.7 Å². The van der Waals surface area contributed by atoms with E-state index in [4.69, 9.17) is 0 Å². The molecule has 0 radical (unpaired) electrons. The molecule has 204 valence electrons. The van der Waals surface area contributed by atoms with Gasteiger partial charge in [-0.1, -0.05) is 43.7 Å². The maximum absolute atomic E-state index is 13.1. The maximum Gasteiger partial charge on any atom is 0.305 e. The van der Waals surface area contributed by atoms with Crippen LogP contribution in [0.4, 0.5) is 0 Å². The molecule has 4 heterocycles. The topological polar surface area (TPSA) is 152 Å². The van der Waals surface area contributed by atoms with Crippen molar-refractivity contribution in [3.8, 4) is 22.6 Å². The lowest BCUT2D eigenvalue weighted by Crippen LogP contribution is -2.38. The molecule has 1 amide bonds. The van der Waals surface area contributed by atoms with E-state index in [0.717, 1.165) is 46.5 Å². The van der Waals surface area contributed by atoms with Gasteiger partial charge in [0.15, 0.2) is 5.82 Å². The molecular weight excluding hydrogens is 528 g/mol. The Morgan fingerprint density at radius 3 is 2.65 bits per heavy atom. The van der Waals surface area contributed by atoms with Crippen molar-refractivity contribution < 1.29 is 14.7 Å². The van der Waals surface area contributed by atoms with Gasteiger partial charge in [0.1, 0.15) is 5.69 Å². The fourth-order valence-electron chi connectivity index (χ4n) is 4.53. The Morgan fingerprint density at radius 1 is 1.12 bits per heavy atom. The molecule has 11 nitrogen and oxygen atoms in total. The van der Waals surface area contributed by atoms with Crippen LogP contribution in [0, 0.1) is 0 Å². The van der Waals surface area contributed by atoms with Crippen LogP contribution in [0.2, 0.25) is 0 Å². The number of aryl methyl sites for hydroxylation is 1. The number of hydrogen-bond donors (Lipinski definition) is 3. The quantitative estimate of drug-likeness (QED) is 0.209. The Labute approximate surface area is 234 Å². The van der Waals surface area contributed by atoms with E-state index in [-0.39, 0.29) is 18.0 Å². The molecule has 1 unspecified atom stereocenters. The molecule has 0 bridgehead atoms. The summed E-state index contributed by atoms with van der Waals surface area (Å²) in [6, 6.07) is 14.9. The molecule has 0 spiro atoms. The zero-order valence-corrected chi connectivity index (χ0v) is 22.6. The van der Waals surface area contributed by atoms with Crippen molar-refractivity contribution in [3.05, 3.63) is 88.0 Å². The van der Waals surface area contributed by atoms with Crippen molar-refractivity contribution in [2.75, 3.05) is 0 Å². The fraction of sp³-hybridized carbons (Fsp3) is 0.250. The number of tetrazole rings is 1. The smallest absolute Gasteiger partial charge is 0.305 e. The van der Waals surface area contributed by atoms with Gasteiger partial charge in [0.25, 0.3) is 5.91 Å². The number of nitrogens with one attached hydrogen (secondary N) is 2. The molecule has 0 saturated heterocycles. The van der Waals surface area contributed by atoms with E-state index in [0.29, 0.717) is 18.8 Å². The first-order valence-electron chi connectivity index (χ1n) is 12.9. The molecule has 0 aliphatic heterocycles. The third-order valence-electron chi connectivity index (χ3n) is 6.38. The summed E-state index contributed by atoms with van der Waals surface area (Å²) >= 11 is 1.54. The molecule has 0 saturated carbocycles. The molecule has 0 aliphatic carbocycles. The van der Waals surface area contributed by atoms with Gasteiger partial charge in [0.05, 0.1) is 18.7 Å². The number of aromatic nitrogens is 7. The molecule has 5 rings (SSSR count). The first-order valence-corrected chi connectivity index (χ1v) is 13.8. The van der Waals surface area contributed by atoms with Crippen molar-refractivity contribution in [1.29, 1.82) is 0 Å². The highest BCUT2D eigenvalue weighted by Gasteiger charge is 2.21. The zero-order chi connectivity index (χ0) is 27.9. The molecule has 1 aromatic carbocycles. The molecule has 1 atom stereocenters. The standard InChI is InChI=1S/C28H28N8O3S/c1-2-5-21-14-25(28(39)30-20(13-26(37)38)12-18-10-11-40-17-18)33-36(21)16-19-8-9-24(29-15-19)22-6-3-4-7-23(22)27-31-34-35-32-27/h3-4,6-11,14-15,17,20H,2,5,12-13,16H2,1H3,(H,30,39)(H,37,38)(H,31,32,34,35). The van der Waals surface area contributed by atoms with Crippen molar-refractivity contribution >= 4 is 23.2 Å². The number of carboxylic acid groups (broad SMARTS) is 1. The zero-order valence-electron chi connectivity index (χ0n) is 21.8. The Hall–Kier alpha value is -4.71. The number of hydrogen-bond acceptors (Lipinski definition) is 8. The predicted octanol–water partition coefficient (Wildman–Crippen LogP) is 4.00. The minimum absolute atomic E-state index is 0.168. The monoisotopic (exact) mass is 556 g/mol. The van der Waals surface area contributed by atoms with Gasteiger partial charge in [0, 0.05) is 29.1 Å². The largest absolute Gasteiger partial charge is 0.481 e. The second-order valence-corrected chi connectivity index (χ2v) is 10.2. The summed E-state index contributed by atoms with van der Waals surface area (Å²) < 4.78 is 1.81. The van der Waals surface area contributed by atoms with Gasteiger partial charge in [-0.05, 0) is 63.4 Å². The van der Waals surface area contributed by atoms with Crippen LogP contribution < -0.4 is 5.32 Å². The van der Waals surface area contributed by atoms with Crippen LogP contribution >= 0.6 is 11.3 Å². The minimum Gasteiger partial charge on any atom is -0.481 e. The lowest BCUT2D eigenvalue weighted by atomic mass is 10.0. The second kappa shape index (κ2) is 12.4. The summed E-state index contributed by atoms with van der Waals surface area (Å²) in [4.78, 5) is 29.2. The Kier molecular flexibility index (Phi) is 8.35. The summed E-state index contributed by atoms with van der Waals surface area (Å²) in [6.45, 7) is 2.51. The van der Waals surface area contributed by atoms with Gasteiger partial charge in [-0.2, -0.15) is 16.4 Å². The summed E-state index contributed by atoms with van der Waals surface area (Å²) in [5.41, 5.74) is 5.63. The number of carboxylic acids is 1. The Morgan fingerprint density at radius 2 is 1.98 bits per heavy atom. The third-order valence-corrected chi connectivity index (χ3v) is 7.11. The van der Waals surface area contributed by atoms with Crippen LogP contribution in [0.3, 0.4) is 0 Å². The second-order valence-electron chi connectivity index (χ2n) is 9.38. The first kappa shape index (κ1) is 26.9. The van der Waals surface area contributed by atoms with Crippen LogP contribution in [0.25, 0.3) is 22.6 Å². The van der Waals surface area contributed by atoms with E-state index in [1.165, 1.54) is 11.3 Å². The summed E-state index contributed by atoms with van der Waals surface area (Å²) in [6.07, 6.45) is 3.71. The molecule has 3 N–H and O–H groups in total. The molecule has 0 aliphatic rings. The molecular formula is C28H28N8O3S. The Balaban J connectivity index is 1.33. The number of nitrogens with zero attached hydrogens (tertiary/aromatic N) is 6. The number of thiophene rings is 1. The summed E-state index contributed by atoms with van der Waals surface area (Å²) in [7, 11) is 0. The van der Waals surface area contributed by atoms with Gasteiger partial charge in [-0.15, -0.1) is 5.10 Å². The number of amides is 1. The molecule has 4 aromatic heterocycles. The fourth-order valence-corrected chi connectivity index (χ4v) is 5.22. The predicted molar refractivity (Wildman–Crippen MR) is 150 cm³/mol. The van der Waals surface area contributed by atoms with Crippen LogP contribution in [0.5, 0.6) is 0 Å². The van der Waals surface area contributed by atoms with Gasteiger partial charge in [-0.3, -0.25) is 19.3 Å². The number of rotatable bonds is 12. The normalized spacial score (nSPS) is 11.8. The first-order chi connectivity index (χ1) is 19.5. The minimum atomic E-state index is -0.964. The van der Waals surface area contributed by atoms with E-state index in [1.807, 2.05) is 57.9 Å². The summed E-state index contributed by atoms with van der Waals surface area (Å²) in [5.74, 6) is -0.785. The number of carbonyl (C=O) groups is 2. The van der Waals surface area contributed by atoms with Crippen molar-refractivity contribution in [2.24, 2.45) is 0 Å². The van der Waals surface area contributed by atoms with Crippen molar-refractivity contribution in [2.45, 2.75) is 45.2 Å². The highest BCUT2D eigenvalue weighted by atomic mass is 32.1. The van der Waals surface area contributed by atoms with E-state index < -0.39 is 12.0 Å². The van der Waals surface area contributed by atoms with E-state index in [1.54, 1.807) is 12.3 Å². The van der Waals surface area contributed by atoms with Crippen LogP contribution in [0.1, 0.15) is 47.1 Å². The van der Waals surface area contributed by atoms with E-state index >= 15 is 0 Å². The third kappa shape index (κ3) is 6.46. The lowest BCUT2D eigenvalue weighted by molar-refractivity contribution is -0.137. The average molecular weight is 557 g/mol. The number of carbonyl (C=O) groups excluding carboxylic acids is 1. The van der Waals surface area contributed by atoms with Crippen LogP contribution in [-0.4, -0.2) is 58.4 Å². The van der Waals surface area contributed by atoms with Crippen molar-refractivity contribution in [3.63, 3.8) is 0 Å². The van der Waals surface area contributed by atoms with Crippen LogP contribution in [0.15, 0.2) is 65.5 Å². The number of aromatic amines is 1. The number of H-pyrrole nitrogens is 1. The van der Waals surface area contributed by atoms with Gasteiger partial charge < -0.3 is 10.4 Å². The highest BCUT2D eigenvalue weighted by Crippen LogP contribution is 2.28. The van der Waals surface area contributed by atoms with Gasteiger partial charge in [0.2, 0.25) is 0 Å². The lowest BCUT2D eigenvalue weighted by Gasteiger charge is -2.15. The van der Waals surface area contributed by atoms with E-state index in [9.17, 15) is 14.7 Å².